The Bertz CT molecular complexity index is 636. The van der Waals surface area contributed by atoms with Gasteiger partial charge in [-0.2, -0.15) is 0 Å². The molecule has 0 spiro atoms. The number of hydrogen-bond acceptors (Lipinski definition) is 6. The third kappa shape index (κ3) is 6.95. The van der Waals surface area contributed by atoms with Crippen molar-refractivity contribution < 1.29 is 18.9 Å². The number of benzene rings is 1. The second-order valence-corrected chi connectivity index (χ2v) is 7.24. The predicted molar refractivity (Wildman–Crippen MR) is 120 cm³/mol. The van der Waals surface area contributed by atoms with Crippen molar-refractivity contribution in [2.45, 2.75) is 26.3 Å². The van der Waals surface area contributed by atoms with E-state index in [9.17, 15) is 0 Å². The number of unbranched alkanes of at least 4 members (excludes halogenated alkanes) is 1. The number of aliphatic imine (C=N–C) groups is 1. The van der Waals surface area contributed by atoms with Gasteiger partial charge in [0.25, 0.3) is 0 Å². The summed E-state index contributed by atoms with van der Waals surface area (Å²) in [7, 11) is 6.75. The first-order valence-corrected chi connectivity index (χ1v) is 10.7. The van der Waals surface area contributed by atoms with E-state index in [-0.39, 0.29) is 0 Å². The lowest BCUT2D eigenvalue weighted by Gasteiger charge is -2.36. The molecule has 2 rings (SSSR count). The molecule has 170 valence electrons. The van der Waals surface area contributed by atoms with Crippen LogP contribution in [0.2, 0.25) is 0 Å². The van der Waals surface area contributed by atoms with Gasteiger partial charge in [-0.05, 0) is 24.1 Å². The van der Waals surface area contributed by atoms with Crippen LogP contribution in [0.3, 0.4) is 0 Å². The molecule has 30 heavy (non-hydrogen) atoms. The summed E-state index contributed by atoms with van der Waals surface area (Å²) < 4.78 is 22.0. The molecule has 1 aliphatic heterocycles. The van der Waals surface area contributed by atoms with Gasteiger partial charge in [-0.3, -0.25) is 9.89 Å². The number of nitrogens with zero attached hydrogens (tertiary/aromatic N) is 3. The Balaban J connectivity index is 1.84. The van der Waals surface area contributed by atoms with Crippen LogP contribution in [-0.4, -0.2) is 90.1 Å². The normalized spacial score (nSPS) is 15.2. The smallest absolute Gasteiger partial charge is 0.203 e. The molecule has 0 unspecified atom stereocenters. The highest BCUT2D eigenvalue weighted by Crippen LogP contribution is 2.38. The number of guanidine groups is 1. The fourth-order valence-electron chi connectivity index (χ4n) is 3.52. The molecule has 1 heterocycles. The molecular weight excluding hydrogens is 384 g/mol. The quantitative estimate of drug-likeness (QED) is 0.333. The second-order valence-electron chi connectivity index (χ2n) is 7.24. The summed E-state index contributed by atoms with van der Waals surface area (Å²) in [6.07, 6.45) is 2.28. The SMILES string of the molecule is CCCCOCCNC(=NC)N1CCN(Cc2cc(OC)c(OC)c(OC)c2)CC1. The number of nitrogens with one attached hydrogen (secondary N) is 1. The highest BCUT2D eigenvalue weighted by atomic mass is 16.5. The monoisotopic (exact) mass is 422 g/mol. The summed E-state index contributed by atoms with van der Waals surface area (Å²) >= 11 is 0. The summed E-state index contributed by atoms with van der Waals surface area (Å²) in [4.78, 5) is 9.16. The zero-order valence-electron chi connectivity index (χ0n) is 19.2. The van der Waals surface area contributed by atoms with Crippen molar-refractivity contribution in [3.05, 3.63) is 17.7 Å². The van der Waals surface area contributed by atoms with Crippen LogP contribution in [0.4, 0.5) is 0 Å². The van der Waals surface area contributed by atoms with E-state index in [1.54, 1.807) is 21.3 Å². The zero-order chi connectivity index (χ0) is 21.8. The minimum Gasteiger partial charge on any atom is -0.493 e. The molecule has 8 heteroatoms. The molecule has 0 aromatic heterocycles. The lowest BCUT2D eigenvalue weighted by atomic mass is 10.1. The van der Waals surface area contributed by atoms with E-state index in [0.717, 1.165) is 70.2 Å². The number of rotatable bonds is 11. The van der Waals surface area contributed by atoms with Crippen LogP contribution in [0.25, 0.3) is 0 Å². The molecule has 0 bridgehead atoms. The van der Waals surface area contributed by atoms with Gasteiger partial charge in [-0.15, -0.1) is 0 Å². The molecule has 0 radical (unpaired) electrons. The van der Waals surface area contributed by atoms with Crippen molar-refractivity contribution in [2.75, 3.05) is 74.3 Å². The molecule has 1 aromatic carbocycles. The lowest BCUT2D eigenvalue weighted by Crippen LogP contribution is -2.52. The van der Waals surface area contributed by atoms with E-state index < -0.39 is 0 Å². The molecule has 1 saturated heterocycles. The summed E-state index contributed by atoms with van der Waals surface area (Å²) in [5, 5.41) is 3.41. The minimum absolute atomic E-state index is 0.627. The fraction of sp³-hybridized carbons (Fsp3) is 0.682. The number of piperazine rings is 1. The van der Waals surface area contributed by atoms with Crippen LogP contribution in [0.5, 0.6) is 17.2 Å². The Labute approximate surface area is 181 Å². The Morgan fingerprint density at radius 2 is 1.67 bits per heavy atom. The molecule has 0 aliphatic carbocycles. The van der Waals surface area contributed by atoms with Gasteiger partial charge in [0.15, 0.2) is 17.5 Å². The van der Waals surface area contributed by atoms with Gasteiger partial charge >= 0.3 is 0 Å². The standard InChI is InChI=1S/C22H38N4O4/c1-6-7-13-30-14-8-24-22(23-2)26-11-9-25(10-12-26)17-18-15-19(27-3)21(29-5)20(16-18)28-4/h15-16H,6-14,17H2,1-5H3,(H,23,24). The number of hydrogen-bond donors (Lipinski definition) is 1. The Kier molecular flexibility index (Phi) is 10.6. The third-order valence-electron chi connectivity index (χ3n) is 5.19. The van der Waals surface area contributed by atoms with Gasteiger partial charge in [0.2, 0.25) is 5.75 Å². The van der Waals surface area contributed by atoms with E-state index in [1.165, 1.54) is 0 Å². The number of ether oxygens (including phenoxy) is 4. The van der Waals surface area contributed by atoms with Gasteiger partial charge in [0.1, 0.15) is 0 Å². The maximum absolute atomic E-state index is 5.62. The molecule has 0 amide bonds. The van der Waals surface area contributed by atoms with Crippen molar-refractivity contribution >= 4 is 5.96 Å². The maximum atomic E-state index is 5.62. The highest BCUT2D eigenvalue weighted by molar-refractivity contribution is 5.80. The summed E-state index contributed by atoms with van der Waals surface area (Å²) in [6.45, 7) is 9.11. The van der Waals surface area contributed by atoms with E-state index in [1.807, 2.05) is 19.2 Å². The minimum atomic E-state index is 0.627. The Morgan fingerprint density at radius 1 is 1.00 bits per heavy atom. The van der Waals surface area contributed by atoms with Gasteiger partial charge < -0.3 is 29.2 Å². The predicted octanol–water partition coefficient (Wildman–Crippen LogP) is 2.22. The van der Waals surface area contributed by atoms with Crippen LogP contribution in [0, 0.1) is 0 Å². The summed E-state index contributed by atoms with van der Waals surface area (Å²) in [6, 6.07) is 4.04. The zero-order valence-corrected chi connectivity index (χ0v) is 19.2. The van der Waals surface area contributed by atoms with Gasteiger partial charge in [-0.1, -0.05) is 13.3 Å². The van der Waals surface area contributed by atoms with Crippen molar-refractivity contribution in [1.29, 1.82) is 0 Å². The van der Waals surface area contributed by atoms with Crippen molar-refractivity contribution in [3.63, 3.8) is 0 Å². The largest absolute Gasteiger partial charge is 0.493 e. The topological polar surface area (TPSA) is 67.8 Å². The van der Waals surface area contributed by atoms with Crippen LogP contribution in [0.15, 0.2) is 17.1 Å². The van der Waals surface area contributed by atoms with Gasteiger partial charge in [-0.25, -0.2) is 0 Å². The second kappa shape index (κ2) is 13.2. The average molecular weight is 423 g/mol. The molecular formula is C22H38N4O4. The third-order valence-corrected chi connectivity index (χ3v) is 5.19. The summed E-state index contributed by atoms with van der Waals surface area (Å²) in [5.41, 5.74) is 1.14. The lowest BCUT2D eigenvalue weighted by molar-refractivity contribution is 0.134. The van der Waals surface area contributed by atoms with Gasteiger partial charge in [0.05, 0.1) is 27.9 Å². The Morgan fingerprint density at radius 3 is 2.20 bits per heavy atom. The first-order valence-electron chi connectivity index (χ1n) is 10.7. The van der Waals surface area contributed by atoms with E-state index >= 15 is 0 Å². The van der Waals surface area contributed by atoms with Crippen LogP contribution in [-0.2, 0) is 11.3 Å². The number of methoxy groups -OCH3 is 3. The Hall–Kier alpha value is -2.19. The van der Waals surface area contributed by atoms with E-state index in [2.05, 4.69) is 27.0 Å². The fourth-order valence-corrected chi connectivity index (χ4v) is 3.52. The van der Waals surface area contributed by atoms with Crippen LogP contribution >= 0.6 is 0 Å². The molecule has 1 fully saturated rings. The summed E-state index contributed by atoms with van der Waals surface area (Å²) in [5.74, 6) is 2.95. The molecule has 1 aliphatic rings. The van der Waals surface area contributed by atoms with Crippen molar-refractivity contribution in [1.82, 2.24) is 15.1 Å². The van der Waals surface area contributed by atoms with Crippen LogP contribution in [0.1, 0.15) is 25.3 Å². The van der Waals surface area contributed by atoms with Crippen molar-refractivity contribution in [2.24, 2.45) is 4.99 Å². The van der Waals surface area contributed by atoms with Gasteiger partial charge in [0, 0.05) is 52.9 Å². The average Bonchev–Trinajstić information content (AvgIpc) is 2.78. The molecule has 0 atom stereocenters. The van der Waals surface area contributed by atoms with Crippen molar-refractivity contribution in [3.8, 4) is 17.2 Å². The maximum Gasteiger partial charge on any atom is 0.203 e. The molecule has 0 saturated carbocycles. The molecule has 1 aromatic rings. The molecule has 8 nitrogen and oxygen atoms in total. The van der Waals surface area contributed by atoms with E-state index in [0.29, 0.717) is 23.9 Å². The van der Waals surface area contributed by atoms with Crippen LogP contribution < -0.4 is 19.5 Å². The first kappa shape index (κ1) is 24.1. The van der Waals surface area contributed by atoms with E-state index in [4.69, 9.17) is 18.9 Å². The molecule has 1 N–H and O–H groups in total. The highest BCUT2D eigenvalue weighted by Gasteiger charge is 2.21. The first-order chi connectivity index (χ1) is 14.7.